The summed E-state index contributed by atoms with van der Waals surface area (Å²) in [5.74, 6) is 0.630. The molecule has 0 radical (unpaired) electrons. The Bertz CT molecular complexity index is 780. The van der Waals surface area contributed by atoms with Crippen molar-refractivity contribution in [1.82, 2.24) is 4.83 Å². The van der Waals surface area contributed by atoms with Crippen molar-refractivity contribution in [3.8, 4) is 5.75 Å². The lowest BCUT2D eigenvalue weighted by Gasteiger charge is -2.07. The maximum atomic E-state index is 12.2. The standard InChI is InChI=1S/C17H20N2O3S/c1-4-22-16-9-11-17(12-10-16)23(20,21)19-18-14(3)15-7-5-13(2)6-8-15/h5-12,19H,4H2,1-3H3/b18-14-. The first-order chi connectivity index (χ1) is 10.9. The number of sulfonamides is 1. The summed E-state index contributed by atoms with van der Waals surface area (Å²) >= 11 is 0. The molecule has 0 aliphatic carbocycles. The van der Waals surface area contributed by atoms with Crippen molar-refractivity contribution in [2.75, 3.05) is 6.61 Å². The van der Waals surface area contributed by atoms with E-state index in [1.807, 2.05) is 38.1 Å². The number of nitrogens with zero attached hydrogens (tertiary/aromatic N) is 1. The maximum absolute atomic E-state index is 12.2. The lowest BCUT2D eigenvalue weighted by molar-refractivity contribution is 0.340. The van der Waals surface area contributed by atoms with Gasteiger partial charge < -0.3 is 4.74 Å². The first-order valence-corrected chi connectivity index (χ1v) is 8.76. The minimum atomic E-state index is -3.70. The zero-order valence-corrected chi connectivity index (χ0v) is 14.2. The summed E-state index contributed by atoms with van der Waals surface area (Å²) in [5.41, 5.74) is 2.60. The van der Waals surface area contributed by atoms with Gasteiger partial charge in [-0.1, -0.05) is 29.8 Å². The van der Waals surface area contributed by atoms with E-state index in [4.69, 9.17) is 4.74 Å². The van der Waals surface area contributed by atoms with E-state index in [0.29, 0.717) is 18.1 Å². The highest BCUT2D eigenvalue weighted by Crippen LogP contribution is 2.16. The normalized spacial score (nSPS) is 12.0. The molecule has 0 saturated heterocycles. The van der Waals surface area contributed by atoms with Crippen LogP contribution in [0.3, 0.4) is 0 Å². The van der Waals surface area contributed by atoms with E-state index in [1.165, 1.54) is 12.1 Å². The Hall–Kier alpha value is -2.34. The van der Waals surface area contributed by atoms with Gasteiger partial charge >= 0.3 is 0 Å². The van der Waals surface area contributed by atoms with E-state index in [-0.39, 0.29) is 4.90 Å². The van der Waals surface area contributed by atoms with Gasteiger partial charge in [0.1, 0.15) is 5.75 Å². The SMILES string of the molecule is CCOc1ccc(S(=O)(=O)N/N=C(/C)c2ccc(C)cc2)cc1. The summed E-state index contributed by atoms with van der Waals surface area (Å²) in [7, 11) is -3.70. The van der Waals surface area contributed by atoms with Crippen molar-refractivity contribution in [3.63, 3.8) is 0 Å². The van der Waals surface area contributed by atoms with Crippen LogP contribution in [-0.4, -0.2) is 20.7 Å². The zero-order chi connectivity index (χ0) is 16.9. The summed E-state index contributed by atoms with van der Waals surface area (Å²) in [5, 5.41) is 3.98. The molecule has 23 heavy (non-hydrogen) atoms. The van der Waals surface area contributed by atoms with E-state index in [1.54, 1.807) is 19.1 Å². The van der Waals surface area contributed by atoms with E-state index in [9.17, 15) is 8.42 Å². The third-order valence-electron chi connectivity index (χ3n) is 3.25. The smallest absolute Gasteiger partial charge is 0.276 e. The molecule has 2 rings (SSSR count). The number of hydrazone groups is 1. The van der Waals surface area contributed by atoms with Crippen molar-refractivity contribution in [2.24, 2.45) is 5.10 Å². The van der Waals surface area contributed by atoms with Crippen molar-refractivity contribution in [2.45, 2.75) is 25.7 Å². The molecular weight excluding hydrogens is 312 g/mol. The van der Waals surface area contributed by atoms with Gasteiger partial charge in [0.05, 0.1) is 17.2 Å². The third-order valence-corrected chi connectivity index (χ3v) is 4.47. The molecule has 0 aliphatic heterocycles. The summed E-state index contributed by atoms with van der Waals surface area (Å²) in [6.45, 7) is 6.15. The molecule has 122 valence electrons. The zero-order valence-electron chi connectivity index (χ0n) is 13.4. The summed E-state index contributed by atoms with van der Waals surface area (Å²) in [4.78, 5) is 2.40. The second-order valence-corrected chi connectivity index (χ2v) is 6.72. The average molecular weight is 332 g/mol. The highest BCUT2D eigenvalue weighted by molar-refractivity contribution is 7.89. The molecular formula is C17H20N2O3S. The molecule has 0 saturated carbocycles. The van der Waals surface area contributed by atoms with Crippen molar-refractivity contribution >= 4 is 15.7 Å². The molecule has 2 aromatic carbocycles. The van der Waals surface area contributed by atoms with Crippen molar-refractivity contribution in [1.29, 1.82) is 0 Å². The van der Waals surface area contributed by atoms with E-state index < -0.39 is 10.0 Å². The number of hydrogen-bond donors (Lipinski definition) is 1. The lowest BCUT2D eigenvalue weighted by Crippen LogP contribution is -2.19. The van der Waals surface area contributed by atoms with Crippen LogP contribution in [0.1, 0.15) is 25.0 Å². The molecule has 0 aliphatic rings. The Morgan fingerprint density at radius 1 is 1.09 bits per heavy atom. The number of rotatable bonds is 6. The molecule has 6 heteroatoms. The minimum absolute atomic E-state index is 0.140. The molecule has 0 bridgehead atoms. The second-order valence-electron chi connectivity index (χ2n) is 5.06. The van der Waals surface area contributed by atoms with Gasteiger partial charge in [-0.25, -0.2) is 0 Å². The van der Waals surface area contributed by atoms with E-state index >= 15 is 0 Å². The van der Waals surface area contributed by atoms with Gasteiger partial charge in [0, 0.05) is 0 Å². The van der Waals surface area contributed by atoms with Crippen LogP contribution in [0.4, 0.5) is 0 Å². The fraction of sp³-hybridized carbons (Fsp3) is 0.235. The summed E-state index contributed by atoms with van der Waals surface area (Å²) in [6.07, 6.45) is 0. The van der Waals surface area contributed by atoms with Crippen LogP contribution in [0.5, 0.6) is 5.75 Å². The minimum Gasteiger partial charge on any atom is -0.494 e. The predicted molar refractivity (Wildman–Crippen MR) is 91.3 cm³/mol. The highest BCUT2D eigenvalue weighted by atomic mass is 32.2. The van der Waals surface area contributed by atoms with Crippen LogP contribution in [0.15, 0.2) is 58.5 Å². The van der Waals surface area contributed by atoms with E-state index in [0.717, 1.165) is 11.1 Å². The number of nitrogens with one attached hydrogen (secondary N) is 1. The monoisotopic (exact) mass is 332 g/mol. The number of aryl methyl sites for hydroxylation is 1. The summed E-state index contributed by atoms with van der Waals surface area (Å²) in [6, 6.07) is 13.9. The molecule has 0 fully saturated rings. The van der Waals surface area contributed by atoms with Crippen molar-refractivity contribution < 1.29 is 13.2 Å². The van der Waals surface area contributed by atoms with Crippen molar-refractivity contribution in [3.05, 3.63) is 59.7 Å². The Morgan fingerprint density at radius 3 is 2.26 bits per heavy atom. The fourth-order valence-electron chi connectivity index (χ4n) is 1.92. The van der Waals surface area contributed by atoms with Crippen LogP contribution < -0.4 is 9.57 Å². The molecule has 0 amide bonds. The maximum Gasteiger partial charge on any atom is 0.276 e. The van der Waals surface area contributed by atoms with Gasteiger partial charge in [-0.15, -0.1) is 0 Å². The molecule has 0 unspecified atom stereocenters. The predicted octanol–water partition coefficient (Wildman–Crippen LogP) is 3.10. The first kappa shape index (κ1) is 17.0. The first-order valence-electron chi connectivity index (χ1n) is 7.28. The summed E-state index contributed by atoms with van der Waals surface area (Å²) < 4.78 is 29.8. The Balaban J connectivity index is 2.14. The number of benzene rings is 2. The van der Waals surface area contributed by atoms with Gasteiger partial charge in [-0.3, -0.25) is 0 Å². The largest absolute Gasteiger partial charge is 0.494 e. The highest BCUT2D eigenvalue weighted by Gasteiger charge is 2.13. The number of hydrogen-bond acceptors (Lipinski definition) is 4. The molecule has 0 atom stereocenters. The molecule has 2 aromatic rings. The Labute approximate surface area is 137 Å². The van der Waals surface area contributed by atoms with Crippen LogP contribution in [-0.2, 0) is 10.0 Å². The van der Waals surface area contributed by atoms with Crippen LogP contribution in [0, 0.1) is 6.92 Å². The Kier molecular flexibility index (Phi) is 5.39. The third kappa shape index (κ3) is 4.56. The quantitative estimate of drug-likeness (QED) is 0.653. The number of ether oxygens (including phenoxy) is 1. The average Bonchev–Trinajstić information content (AvgIpc) is 2.54. The van der Waals surface area contributed by atoms with Gasteiger partial charge in [0.15, 0.2) is 0 Å². The molecule has 0 heterocycles. The topological polar surface area (TPSA) is 67.8 Å². The van der Waals surface area contributed by atoms with Gasteiger partial charge in [0.25, 0.3) is 10.0 Å². The lowest BCUT2D eigenvalue weighted by atomic mass is 10.1. The molecule has 5 nitrogen and oxygen atoms in total. The Morgan fingerprint density at radius 2 is 1.70 bits per heavy atom. The van der Waals surface area contributed by atoms with Crippen LogP contribution in [0.2, 0.25) is 0 Å². The fourth-order valence-corrected chi connectivity index (χ4v) is 2.78. The van der Waals surface area contributed by atoms with Crippen LogP contribution >= 0.6 is 0 Å². The van der Waals surface area contributed by atoms with Gasteiger partial charge in [0.2, 0.25) is 0 Å². The van der Waals surface area contributed by atoms with Gasteiger partial charge in [-0.05, 0) is 50.6 Å². The molecule has 0 spiro atoms. The molecule has 0 aromatic heterocycles. The van der Waals surface area contributed by atoms with Gasteiger partial charge in [-0.2, -0.15) is 18.4 Å². The van der Waals surface area contributed by atoms with E-state index in [2.05, 4.69) is 9.93 Å². The van der Waals surface area contributed by atoms with Crippen LogP contribution in [0.25, 0.3) is 0 Å². The molecule has 1 N–H and O–H groups in total. The second kappa shape index (κ2) is 7.28.